The molecule has 0 aliphatic rings. The number of nitrogens with one attached hydrogen (secondary N) is 2. The van der Waals surface area contributed by atoms with Crippen molar-refractivity contribution in [2.45, 2.75) is 33.1 Å². The van der Waals surface area contributed by atoms with Gasteiger partial charge in [-0.3, -0.25) is 4.79 Å². The maximum Gasteiger partial charge on any atom is 0.238 e. The number of para-hydroxylation sites is 1. The number of hydrogen-bond acceptors (Lipinski definition) is 2. The summed E-state index contributed by atoms with van der Waals surface area (Å²) in [5, 5.41) is 5.98. The van der Waals surface area contributed by atoms with Gasteiger partial charge in [0.05, 0.1) is 6.54 Å². The fourth-order valence-corrected chi connectivity index (χ4v) is 1.69. The highest BCUT2D eigenvalue weighted by Gasteiger charge is 2.10. The van der Waals surface area contributed by atoms with Crippen LogP contribution in [0.1, 0.15) is 38.7 Å². The van der Waals surface area contributed by atoms with Crippen LogP contribution in [-0.2, 0) is 4.79 Å². The molecule has 0 bridgehead atoms. The molecule has 0 saturated heterocycles. The molecule has 3 nitrogen and oxygen atoms in total. The van der Waals surface area contributed by atoms with Gasteiger partial charge >= 0.3 is 0 Å². The Bertz CT molecular complexity index is 363. The molecular weight excluding hydrogens is 212 g/mol. The molecule has 1 rings (SSSR count). The first-order valence-corrected chi connectivity index (χ1v) is 6.28. The van der Waals surface area contributed by atoms with Crippen molar-refractivity contribution in [2.24, 2.45) is 0 Å². The molecule has 94 valence electrons. The van der Waals surface area contributed by atoms with Crippen LogP contribution in [0.15, 0.2) is 24.3 Å². The molecule has 0 aliphatic carbocycles. The number of benzene rings is 1. The predicted molar refractivity (Wildman–Crippen MR) is 72.3 cm³/mol. The van der Waals surface area contributed by atoms with Crippen LogP contribution in [0.25, 0.3) is 0 Å². The standard InChI is InChI=1S/C14H22N2O/c1-4-11(3)12-8-6-7-9-13(12)16-14(17)10-15-5-2/h6-9,11,15H,4-5,10H2,1-3H3,(H,16,17). The molecule has 0 saturated carbocycles. The summed E-state index contributed by atoms with van der Waals surface area (Å²) in [6, 6.07) is 8.01. The summed E-state index contributed by atoms with van der Waals surface area (Å²) < 4.78 is 0. The van der Waals surface area contributed by atoms with Gasteiger partial charge in [0.2, 0.25) is 5.91 Å². The molecule has 0 aliphatic heterocycles. The van der Waals surface area contributed by atoms with E-state index in [1.54, 1.807) is 0 Å². The molecule has 1 aromatic rings. The number of hydrogen-bond donors (Lipinski definition) is 2. The predicted octanol–water partition coefficient (Wildman–Crippen LogP) is 2.75. The van der Waals surface area contributed by atoms with Crippen molar-refractivity contribution in [2.75, 3.05) is 18.4 Å². The minimum absolute atomic E-state index is 0.0163. The van der Waals surface area contributed by atoms with Crippen molar-refractivity contribution in [3.05, 3.63) is 29.8 Å². The molecule has 0 aromatic heterocycles. The average molecular weight is 234 g/mol. The first-order chi connectivity index (χ1) is 8.19. The van der Waals surface area contributed by atoms with Gasteiger partial charge in [-0.2, -0.15) is 0 Å². The van der Waals surface area contributed by atoms with Gasteiger partial charge < -0.3 is 10.6 Å². The van der Waals surface area contributed by atoms with Crippen molar-refractivity contribution in [3.8, 4) is 0 Å². The molecule has 3 heteroatoms. The van der Waals surface area contributed by atoms with E-state index in [9.17, 15) is 4.79 Å². The summed E-state index contributed by atoms with van der Waals surface area (Å²) in [4.78, 5) is 11.7. The highest BCUT2D eigenvalue weighted by Crippen LogP contribution is 2.26. The summed E-state index contributed by atoms with van der Waals surface area (Å²) in [7, 11) is 0. The lowest BCUT2D eigenvalue weighted by atomic mass is 9.97. The van der Waals surface area contributed by atoms with E-state index < -0.39 is 0 Å². The van der Waals surface area contributed by atoms with Gasteiger partial charge in [0, 0.05) is 5.69 Å². The zero-order valence-electron chi connectivity index (χ0n) is 10.9. The fraction of sp³-hybridized carbons (Fsp3) is 0.500. The molecule has 1 atom stereocenters. The van der Waals surface area contributed by atoms with Crippen LogP contribution in [0, 0.1) is 0 Å². The quantitative estimate of drug-likeness (QED) is 0.794. The van der Waals surface area contributed by atoms with E-state index >= 15 is 0 Å². The van der Waals surface area contributed by atoms with Gasteiger partial charge in [0.1, 0.15) is 0 Å². The number of anilines is 1. The van der Waals surface area contributed by atoms with Crippen LogP contribution in [0.4, 0.5) is 5.69 Å². The number of carbonyl (C=O) groups is 1. The minimum atomic E-state index is 0.0163. The smallest absolute Gasteiger partial charge is 0.238 e. The molecule has 17 heavy (non-hydrogen) atoms. The summed E-state index contributed by atoms with van der Waals surface area (Å²) in [6.45, 7) is 7.49. The summed E-state index contributed by atoms with van der Waals surface area (Å²) >= 11 is 0. The van der Waals surface area contributed by atoms with Crippen LogP contribution in [0.5, 0.6) is 0 Å². The van der Waals surface area contributed by atoms with Crippen molar-refractivity contribution in [1.82, 2.24) is 5.32 Å². The van der Waals surface area contributed by atoms with Crippen molar-refractivity contribution >= 4 is 11.6 Å². The number of rotatable bonds is 6. The van der Waals surface area contributed by atoms with Crippen LogP contribution in [-0.4, -0.2) is 19.0 Å². The first kappa shape index (κ1) is 13.7. The Morgan fingerprint density at radius 3 is 2.65 bits per heavy atom. The largest absolute Gasteiger partial charge is 0.325 e. The van der Waals surface area contributed by atoms with E-state index in [4.69, 9.17) is 0 Å². The second-order valence-electron chi connectivity index (χ2n) is 4.23. The van der Waals surface area contributed by atoms with Crippen LogP contribution in [0.2, 0.25) is 0 Å². The molecule has 1 unspecified atom stereocenters. The van der Waals surface area contributed by atoms with E-state index in [0.717, 1.165) is 18.7 Å². The van der Waals surface area contributed by atoms with Gasteiger partial charge in [-0.15, -0.1) is 0 Å². The maximum absolute atomic E-state index is 11.7. The number of amides is 1. The highest BCUT2D eigenvalue weighted by molar-refractivity contribution is 5.93. The van der Waals surface area contributed by atoms with Crippen LogP contribution >= 0.6 is 0 Å². The molecule has 1 aromatic carbocycles. The number of likely N-dealkylation sites (N-methyl/N-ethyl adjacent to an activating group) is 1. The topological polar surface area (TPSA) is 41.1 Å². The van der Waals surface area contributed by atoms with Gasteiger partial charge in [-0.1, -0.05) is 39.0 Å². The Morgan fingerprint density at radius 2 is 2.00 bits per heavy atom. The monoisotopic (exact) mass is 234 g/mol. The second-order valence-corrected chi connectivity index (χ2v) is 4.23. The van der Waals surface area contributed by atoms with Gasteiger partial charge in [0.15, 0.2) is 0 Å². The third-order valence-electron chi connectivity index (χ3n) is 2.91. The summed E-state index contributed by atoms with van der Waals surface area (Å²) in [6.07, 6.45) is 1.07. The van der Waals surface area contributed by atoms with Crippen LogP contribution in [0.3, 0.4) is 0 Å². The fourth-order valence-electron chi connectivity index (χ4n) is 1.69. The van der Waals surface area contributed by atoms with Gasteiger partial charge in [0.25, 0.3) is 0 Å². The highest BCUT2D eigenvalue weighted by atomic mass is 16.1. The van der Waals surface area contributed by atoms with Gasteiger partial charge in [-0.05, 0) is 30.5 Å². The van der Waals surface area contributed by atoms with Crippen molar-refractivity contribution in [1.29, 1.82) is 0 Å². The SMILES string of the molecule is CCNCC(=O)Nc1ccccc1C(C)CC. The Kier molecular flexibility index (Phi) is 5.70. The molecule has 0 radical (unpaired) electrons. The van der Waals surface area contributed by atoms with E-state index in [0.29, 0.717) is 12.5 Å². The lowest BCUT2D eigenvalue weighted by Crippen LogP contribution is -2.28. The molecular formula is C14H22N2O. The Labute approximate surface area is 104 Å². The summed E-state index contributed by atoms with van der Waals surface area (Å²) in [5.41, 5.74) is 2.14. The average Bonchev–Trinajstić information content (AvgIpc) is 2.36. The lowest BCUT2D eigenvalue weighted by Gasteiger charge is -2.15. The third-order valence-corrected chi connectivity index (χ3v) is 2.91. The third kappa shape index (κ3) is 4.19. The Morgan fingerprint density at radius 1 is 1.29 bits per heavy atom. The molecule has 0 heterocycles. The lowest BCUT2D eigenvalue weighted by molar-refractivity contribution is -0.115. The van der Waals surface area contributed by atoms with Crippen molar-refractivity contribution < 1.29 is 4.79 Å². The molecule has 0 fully saturated rings. The Balaban J connectivity index is 2.73. The van der Waals surface area contributed by atoms with Gasteiger partial charge in [-0.25, -0.2) is 0 Å². The summed E-state index contributed by atoms with van der Waals surface area (Å²) in [5.74, 6) is 0.480. The van der Waals surface area contributed by atoms with Crippen molar-refractivity contribution in [3.63, 3.8) is 0 Å². The van der Waals surface area contributed by atoms with Crippen LogP contribution < -0.4 is 10.6 Å². The first-order valence-electron chi connectivity index (χ1n) is 6.28. The van der Waals surface area contributed by atoms with E-state index in [1.807, 2.05) is 25.1 Å². The van der Waals surface area contributed by atoms with E-state index in [-0.39, 0.29) is 5.91 Å². The zero-order chi connectivity index (χ0) is 12.7. The normalized spacial score (nSPS) is 12.2. The maximum atomic E-state index is 11.7. The second kappa shape index (κ2) is 7.07. The molecule has 0 spiro atoms. The number of carbonyl (C=O) groups excluding carboxylic acids is 1. The van der Waals surface area contributed by atoms with E-state index in [2.05, 4.69) is 30.5 Å². The molecule has 2 N–H and O–H groups in total. The minimum Gasteiger partial charge on any atom is -0.325 e. The van der Waals surface area contributed by atoms with E-state index in [1.165, 1.54) is 5.56 Å². The Hall–Kier alpha value is -1.35. The molecule has 1 amide bonds. The zero-order valence-corrected chi connectivity index (χ0v) is 10.9.